The van der Waals surface area contributed by atoms with E-state index >= 15 is 0 Å². The molecule has 0 unspecified atom stereocenters. The molecule has 0 heterocycles. The lowest BCUT2D eigenvalue weighted by molar-refractivity contribution is 0.0907. The van der Waals surface area contributed by atoms with Gasteiger partial charge < -0.3 is 15.2 Å². The molecule has 0 radical (unpaired) electrons. The summed E-state index contributed by atoms with van der Waals surface area (Å²) in [6.45, 7) is 7.34. The van der Waals surface area contributed by atoms with Crippen LogP contribution in [0.1, 0.15) is 0 Å². The van der Waals surface area contributed by atoms with Gasteiger partial charge >= 0.3 is 0 Å². The Morgan fingerprint density at radius 2 is 1.91 bits per heavy atom. The molecule has 0 saturated heterocycles. The summed E-state index contributed by atoms with van der Waals surface area (Å²) >= 11 is 0. The maximum absolute atomic E-state index is 12.4. The third-order valence-corrected chi connectivity index (χ3v) is 6.66. The summed E-state index contributed by atoms with van der Waals surface area (Å²) in [6.07, 6.45) is 0. The molecule has 0 spiro atoms. The topological polar surface area (TPSA) is 81.9 Å². The average Bonchev–Trinajstić information content (AvgIpc) is 2.42. The van der Waals surface area contributed by atoms with Gasteiger partial charge in [-0.15, -0.1) is 0 Å². The molecule has 126 valence electrons. The van der Waals surface area contributed by atoms with Gasteiger partial charge in [-0.3, -0.25) is 0 Å². The molecule has 0 bridgehead atoms. The SMILES string of the molecule is COc1ccc(S(=O)(=O)N(C)COCC[Si](C)(C)C)cc1N. The van der Waals surface area contributed by atoms with Gasteiger partial charge in [0.15, 0.2) is 0 Å². The van der Waals surface area contributed by atoms with Crippen molar-refractivity contribution in [2.45, 2.75) is 30.6 Å². The number of anilines is 1. The summed E-state index contributed by atoms with van der Waals surface area (Å²) in [7, 11) is -1.82. The highest BCUT2D eigenvalue weighted by Crippen LogP contribution is 2.25. The van der Waals surface area contributed by atoms with Gasteiger partial charge in [0.05, 0.1) is 17.7 Å². The summed E-state index contributed by atoms with van der Waals surface area (Å²) in [6, 6.07) is 5.41. The van der Waals surface area contributed by atoms with Crippen LogP contribution < -0.4 is 10.5 Å². The van der Waals surface area contributed by atoms with E-state index in [4.69, 9.17) is 15.2 Å². The average molecular weight is 347 g/mol. The van der Waals surface area contributed by atoms with Crippen LogP contribution in [-0.2, 0) is 14.8 Å². The smallest absolute Gasteiger partial charge is 0.244 e. The quantitative estimate of drug-likeness (QED) is 0.338. The van der Waals surface area contributed by atoms with Gasteiger partial charge in [-0.05, 0) is 24.2 Å². The van der Waals surface area contributed by atoms with Crippen LogP contribution in [0.5, 0.6) is 5.75 Å². The van der Waals surface area contributed by atoms with Crippen molar-refractivity contribution in [3.8, 4) is 5.75 Å². The fraction of sp³-hybridized carbons (Fsp3) is 0.571. The van der Waals surface area contributed by atoms with Crippen molar-refractivity contribution in [3.63, 3.8) is 0 Å². The Hall–Kier alpha value is -1.09. The molecule has 1 rings (SSSR count). The second-order valence-corrected chi connectivity index (χ2v) is 14.0. The molecule has 0 atom stereocenters. The molecule has 2 N–H and O–H groups in total. The summed E-state index contributed by atoms with van der Waals surface area (Å²) in [5, 5.41) is 0. The minimum Gasteiger partial charge on any atom is -0.495 e. The van der Waals surface area contributed by atoms with Crippen LogP contribution in [0, 0.1) is 0 Å². The Bertz CT molecular complexity index is 599. The zero-order valence-corrected chi connectivity index (χ0v) is 15.7. The van der Waals surface area contributed by atoms with Crippen LogP contribution in [0.15, 0.2) is 23.1 Å². The minimum absolute atomic E-state index is 0.0265. The standard InChI is InChI=1S/C14H26N2O4SSi/c1-16(11-20-8-9-22(3,4)5)21(17,18)12-6-7-14(19-2)13(15)10-12/h6-7,10H,8-9,11,15H2,1-5H3. The number of hydrogen-bond donors (Lipinski definition) is 1. The summed E-state index contributed by atoms with van der Waals surface area (Å²) in [5.74, 6) is 0.452. The van der Waals surface area contributed by atoms with Crippen LogP contribution in [0.25, 0.3) is 0 Å². The van der Waals surface area contributed by atoms with Gasteiger partial charge in [-0.25, -0.2) is 8.42 Å². The van der Waals surface area contributed by atoms with E-state index in [1.165, 1.54) is 30.6 Å². The zero-order chi connectivity index (χ0) is 17.0. The molecular formula is C14H26N2O4SSi. The van der Waals surface area contributed by atoms with Crippen molar-refractivity contribution in [3.05, 3.63) is 18.2 Å². The molecule has 8 heteroatoms. The number of benzene rings is 1. The lowest BCUT2D eigenvalue weighted by Crippen LogP contribution is -2.30. The number of ether oxygens (including phenoxy) is 2. The van der Waals surface area contributed by atoms with E-state index in [1.54, 1.807) is 6.07 Å². The molecule has 0 amide bonds. The van der Waals surface area contributed by atoms with Gasteiger partial charge in [-0.1, -0.05) is 19.6 Å². The van der Waals surface area contributed by atoms with E-state index < -0.39 is 18.1 Å². The predicted octanol–water partition coefficient (Wildman–Crippen LogP) is 2.21. The molecular weight excluding hydrogens is 320 g/mol. The van der Waals surface area contributed by atoms with Crippen LogP contribution in [0.4, 0.5) is 5.69 Å². The van der Waals surface area contributed by atoms with Gasteiger partial charge in [-0.2, -0.15) is 4.31 Å². The second kappa shape index (κ2) is 7.45. The highest BCUT2D eigenvalue weighted by Gasteiger charge is 2.22. The molecule has 0 aliphatic carbocycles. The first kappa shape index (κ1) is 19.0. The highest BCUT2D eigenvalue weighted by atomic mass is 32.2. The van der Waals surface area contributed by atoms with Gasteiger partial charge in [0.2, 0.25) is 10.0 Å². The van der Waals surface area contributed by atoms with Crippen molar-refractivity contribution < 1.29 is 17.9 Å². The van der Waals surface area contributed by atoms with Crippen LogP contribution in [-0.4, -0.2) is 48.3 Å². The molecule has 22 heavy (non-hydrogen) atoms. The Balaban J connectivity index is 2.71. The highest BCUT2D eigenvalue weighted by molar-refractivity contribution is 7.89. The maximum atomic E-state index is 12.4. The Labute approximate surface area is 134 Å². The van der Waals surface area contributed by atoms with Crippen molar-refractivity contribution in [2.24, 2.45) is 0 Å². The first-order valence-corrected chi connectivity index (χ1v) is 12.2. The van der Waals surface area contributed by atoms with Crippen molar-refractivity contribution >= 4 is 23.8 Å². The van der Waals surface area contributed by atoms with Crippen LogP contribution in [0.3, 0.4) is 0 Å². The normalized spacial score (nSPS) is 12.6. The third kappa shape index (κ3) is 5.27. The minimum atomic E-state index is -3.62. The number of nitrogens with two attached hydrogens (primary N) is 1. The van der Waals surface area contributed by atoms with E-state index in [0.29, 0.717) is 12.4 Å². The summed E-state index contributed by atoms with van der Waals surface area (Å²) in [5.41, 5.74) is 6.05. The van der Waals surface area contributed by atoms with E-state index in [-0.39, 0.29) is 17.3 Å². The Morgan fingerprint density at radius 1 is 1.27 bits per heavy atom. The van der Waals surface area contributed by atoms with Crippen LogP contribution >= 0.6 is 0 Å². The van der Waals surface area contributed by atoms with Crippen molar-refractivity contribution in [1.82, 2.24) is 4.31 Å². The van der Waals surface area contributed by atoms with Crippen molar-refractivity contribution in [1.29, 1.82) is 0 Å². The number of nitrogens with zero attached hydrogens (tertiary/aromatic N) is 1. The fourth-order valence-electron chi connectivity index (χ4n) is 1.69. The van der Waals surface area contributed by atoms with E-state index in [9.17, 15) is 8.42 Å². The predicted molar refractivity (Wildman–Crippen MR) is 91.3 cm³/mol. The first-order chi connectivity index (χ1) is 10.1. The lowest BCUT2D eigenvalue weighted by Gasteiger charge is -2.20. The number of methoxy groups -OCH3 is 1. The van der Waals surface area contributed by atoms with E-state index in [0.717, 1.165) is 6.04 Å². The second-order valence-electron chi connectivity index (χ2n) is 6.35. The molecule has 6 nitrogen and oxygen atoms in total. The Morgan fingerprint density at radius 3 is 2.41 bits per heavy atom. The molecule has 0 aromatic heterocycles. The number of hydrogen-bond acceptors (Lipinski definition) is 5. The van der Waals surface area contributed by atoms with Gasteiger partial charge in [0.25, 0.3) is 0 Å². The third-order valence-electron chi connectivity index (χ3n) is 3.18. The largest absolute Gasteiger partial charge is 0.495 e. The van der Waals surface area contributed by atoms with Crippen molar-refractivity contribution in [2.75, 3.05) is 33.2 Å². The summed E-state index contributed by atoms with van der Waals surface area (Å²) < 4.78 is 36.6. The Kier molecular flexibility index (Phi) is 6.42. The molecule has 0 aliphatic heterocycles. The van der Waals surface area contributed by atoms with E-state index in [1.807, 2.05) is 0 Å². The van der Waals surface area contributed by atoms with Gasteiger partial charge in [0.1, 0.15) is 12.5 Å². The first-order valence-electron chi connectivity index (χ1n) is 7.05. The molecule has 0 fully saturated rings. The fourth-order valence-corrected chi connectivity index (χ4v) is 3.54. The van der Waals surface area contributed by atoms with Crippen LogP contribution in [0.2, 0.25) is 25.7 Å². The monoisotopic (exact) mass is 346 g/mol. The molecule has 0 saturated carbocycles. The number of sulfonamides is 1. The lowest BCUT2D eigenvalue weighted by atomic mass is 10.3. The zero-order valence-electron chi connectivity index (χ0n) is 13.9. The molecule has 1 aromatic rings. The molecule has 0 aliphatic rings. The van der Waals surface area contributed by atoms with Gasteiger partial charge in [0, 0.05) is 21.7 Å². The number of nitrogen functional groups attached to an aromatic ring is 1. The number of rotatable bonds is 8. The van der Waals surface area contributed by atoms with E-state index in [2.05, 4.69) is 19.6 Å². The molecule has 1 aromatic carbocycles. The summed E-state index contributed by atoms with van der Waals surface area (Å²) in [4.78, 5) is 0.127. The maximum Gasteiger partial charge on any atom is 0.244 e.